The average Bonchev–Trinajstić information content (AvgIpc) is 3.12. The summed E-state index contributed by atoms with van der Waals surface area (Å²) in [6.45, 7) is -2.14. The predicted octanol–water partition coefficient (Wildman–Crippen LogP) is 1.93. The number of alkyl halides is 2. The minimum absolute atomic E-state index is 0.000452. The van der Waals surface area contributed by atoms with Gasteiger partial charge >= 0.3 is 6.61 Å². The molecule has 1 aliphatic heterocycles. The highest BCUT2D eigenvalue weighted by Gasteiger charge is 2.19. The molecule has 0 fully saturated rings. The molecule has 0 aliphatic carbocycles. The van der Waals surface area contributed by atoms with Crippen LogP contribution >= 0.6 is 11.8 Å². The highest BCUT2D eigenvalue weighted by atomic mass is 32.2. The van der Waals surface area contributed by atoms with E-state index in [0.717, 1.165) is 11.3 Å². The minimum Gasteiger partial charge on any atom is -0.493 e. The molecule has 2 heterocycles. The third-order valence-corrected chi connectivity index (χ3v) is 4.92. The summed E-state index contributed by atoms with van der Waals surface area (Å²) < 4.78 is 35.6. The van der Waals surface area contributed by atoms with Crippen LogP contribution in [0.1, 0.15) is 15.9 Å². The van der Waals surface area contributed by atoms with Crippen LogP contribution in [0.3, 0.4) is 0 Å². The first-order valence-corrected chi connectivity index (χ1v) is 9.10. The number of hydrogen-bond donors (Lipinski definition) is 1. The number of hydrogen-bond acceptors (Lipinski definition) is 6. The molecule has 10 heteroatoms. The Hall–Kier alpha value is -2.62. The molecule has 1 aliphatic rings. The van der Waals surface area contributed by atoms with E-state index >= 15 is 0 Å². The number of carbonyl (C=O) groups excluding carboxylic acids is 1. The van der Waals surface area contributed by atoms with Crippen LogP contribution < -0.4 is 20.3 Å². The molecule has 0 spiro atoms. The van der Waals surface area contributed by atoms with E-state index in [2.05, 4.69) is 15.0 Å². The zero-order valence-electron chi connectivity index (χ0n) is 14.4. The van der Waals surface area contributed by atoms with Crippen LogP contribution in [0.4, 0.5) is 8.78 Å². The van der Waals surface area contributed by atoms with Gasteiger partial charge in [-0.05, 0) is 24.1 Å². The van der Waals surface area contributed by atoms with Gasteiger partial charge in [0.05, 0.1) is 7.11 Å². The van der Waals surface area contributed by atoms with Crippen LogP contribution in [-0.4, -0.2) is 41.5 Å². The van der Waals surface area contributed by atoms with Crippen LogP contribution in [0, 0.1) is 0 Å². The van der Waals surface area contributed by atoms with Crippen molar-refractivity contribution in [3.8, 4) is 11.5 Å². The molecule has 2 aromatic rings. The molecule has 0 bridgehead atoms. The van der Waals surface area contributed by atoms with Crippen LogP contribution in [0.15, 0.2) is 34.3 Å². The maximum atomic E-state index is 12.3. The topological polar surface area (TPSA) is 82.5 Å². The summed E-state index contributed by atoms with van der Waals surface area (Å²) in [5, 5.41) is 3.29. The van der Waals surface area contributed by atoms with Crippen molar-refractivity contribution < 1.29 is 23.0 Å². The Balaban J connectivity index is 1.61. The van der Waals surface area contributed by atoms with E-state index in [-0.39, 0.29) is 29.2 Å². The molecule has 7 nitrogen and oxygen atoms in total. The first kappa shape index (κ1) is 19.2. The van der Waals surface area contributed by atoms with Crippen molar-refractivity contribution >= 4 is 17.7 Å². The quantitative estimate of drug-likeness (QED) is 0.719. The number of carbonyl (C=O) groups is 1. The molecule has 1 aromatic heterocycles. The van der Waals surface area contributed by atoms with Crippen LogP contribution in [0.25, 0.3) is 0 Å². The lowest BCUT2D eigenvalue weighted by atomic mass is 10.1. The SMILES string of the molecule is COc1cc(CCNC(=O)c2cnc3n(c2=O)CCS3)ccc1OC(F)F. The fourth-order valence-electron chi connectivity index (χ4n) is 2.65. The first-order chi connectivity index (χ1) is 13.0. The van der Waals surface area contributed by atoms with E-state index in [1.54, 1.807) is 12.1 Å². The Kier molecular flexibility index (Phi) is 5.94. The van der Waals surface area contributed by atoms with Crippen molar-refractivity contribution in [1.29, 1.82) is 0 Å². The number of ether oxygens (including phenoxy) is 2. The van der Waals surface area contributed by atoms with Gasteiger partial charge < -0.3 is 14.8 Å². The number of nitrogens with one attached hydrogen (secondary N) is 1. The van der Waals surface area contributed by atoms with E-state index in [1.165, 1.54) is 35.7 Å². The van der Waals surface area contributed by atoms with E-state index in [1.807, 2.05) is 0 Å². The number of halogens is 2. The maximum absolute atomic E-state index is 12.3. The molecule has 27 heavy (non-hydrogen) atoms. The summed E-state index contributed by atoms with van der Waals surface area (Å²) in [6, 6.07) is 4.55. The van der Waals surface area contributed by atoms with Gasteiger partial charge in [-0.15, -0.1) is 0 Å². The number of rotatable bonds is 7. The molecule has 0 saturated heterocycles. The number of benzene rings is 1. The summed E-state index contributed by atoms with van der Waals surface area (Å²) in [4.78, 5) is 28.7. The number of aromatic nitrogens is 2. The zero-order valence-corrected chi connectivity index (χ0v) is 15.2. The lowest BCUT2D eigenvalue weighted by Crippen LogP contribution is -2.34. The fourth-order valence-corrected chi connectivity index (χ4v) is 3.56. The van der Waals surface area contributed by atoms with Gasteiger partial charge in [-0.1, -0.05) is 17.8 Å². The van der Waals surface area contributed by atoms with Gasteiger partial charge in [-0.25, -0.2) is 4.98 Å². The third kappa shape index (κ3) is 4.38. The van der Waals surface area contributed by atoms with E-state index in [4.69, 9.17) is 4.74 Å². The lowest BCUT2D eigenvalue weighted by molar-refractivity contribution is -0.0512. The number of nitrogens with zero attached hydrogens (tertiary/aromatic N) is 2. The summed E-state index contributed by atoms with van der Waals surface area (Å²) in [5.41, 5.74) is 0.408. The Morgan fingerprint density at radius 1 is 1.41 bits per heavy atom. The Bertz CT molecular complexity index is 904. The maximum Gasteiger partial charge on any atom is 0.387 e. The van der Waals surface area contributed by atoms with Crippen molar-refractivity contribution in [2.45, 2.75) is 24.7 Å². The second-order valence-corrected chi connectivity index (χ2v) is 6.69. The lowest BCUT2D eigenvalue weighted by Gasteiger charge is -2.12. The summed E-state index contributed by atoms with van der Waals surface area (Å²) >= 11 is 1.48. The number of fused-ring (bicyclic) bond motifs is 1. The molecule has 0 saturated carbocycles. The molecule has 1 aromatic carbocycles. The van der Waals surface area contributed by atoms with Crippen LogP contribution in [0.2, 0.25) is 0 Å². The molecule has 1 N–H and O–H groups in total. The molecule has 144 valence electrons. The van der Waals surface area contributed by atoms with Crippen LogP contribution in [0.5, 0.6) is 11.5 Å². The molecular weight excluding hydrogens is 380 g/mol. The minimum atomic E-state index is -2.94. The van der Waals surface area contributed by atoms with Crippen LogP contribution in [-0.2, 0) is 13.0 Å². The first-order valence-electron chi connectivity index (χ1n) is 8.12. The largest absolute Gasteiger partial charge is 0.493 e. The summed E-state index contributed by atoms with van der Waals surface area (Å²) in [6.07, 6.45) is 1.72. The summed E-state index contributed by atoms with van der Waals surface area (Å²) in [5.74, 6) is 0.387. The molecule has 3 rings (SSSR count). The number of thioether (sulfide) groups is 1. The zero-order chi connectivity index (χ0) is 19.4. The summed E-state index contributed by atoms with van der Waals surface area (Å²) in [7, 11) is 1.35. The molecule has 0 radical (unpaired) electrons. The fraction of sp³-hybridized carbons (Fsp3) is 0.353. The van der Waals surface area contributed by atoms with Crippen molar-refractivity contribution in [3.63, 3.8) is 0 Å². The van der Waals surface area contributed by atoms with Gasteiger partial charge in [0.1, 0.15) is 5.56 Å². The average molecular weight is 397 g/mol. The highest BCUT2D eigenvalue weighted by Crippen LogP contribution is 2.29. The number of amides is 1. The van der Waals surface area contributed by atoms with Crippen molar-refractivity contribution in [3.05, 3.63) is 45.9 Å². The van der Waals surface area contributed by atoms with Crippen molar-refractivity contribution in [2.24, 2.45) is 0 Å². The van der Waals surface area contributed by atoms with Gasteiger partial charge in [-0.2, -0.15) is 8.78 Å². The van der Waals surface area contributed by atoms with E-state index in [0.29, 0.717) is 18.1 Å². The van der Waals surface area contributed by atoms with E-state index < -0.39 is 12.5 Å². The van der Waals surface area contributed by atoms with Crippen molar-refractivity contribution in [1.82, 2.24) is 14.9 Å². The Morgan fingerprint density at radius 2 is 2.22 bits per heavy atom. The molecule has 1 amide bonds. The second-order valence-electron chi connectivity index (χ2n) is 5.63. The van der Waals surface area contributed by atoms with Gasteiger partial charge in [0.25, 0.3) is 11.5 Å². The Labute approximate surface area is 157 Å². The van der Waals surface area contributed by atoms with Crippen molar-refractivity contribution in [2.75, 3.05) is 19.4 Å². The second kappa shape index (κ2) is 8.38. The predicted molar refractivity (Wildman–Crippen MR) is 94.9 cm³/mol. The standard InChI is InChI=1S/C17H17F2N3O4S/c1-25-13-8-10(2-3-12(13)26-16(18)19)4-5-20-14(23)11-9-21-17-22(15(11)24)6-7-27-17/h2-3,8-9,16H,4-7H2,1H3,(H,20,23). The van der Waals surface area contributed by atoms with Gasteiger partial charge in [0.15, 0.2) is 16.7 Å². The molecular formula is C17H17F2N3O4S. The third-order valence-electron chi connectivity index (χ3n) is 3.94. The number of methoxy groups -OCH3 is 1. The monoisotopic (exact) mass is 397 g/mol. The Morgan fingerprint density at radius 3 is 2.96 bits per heavy atom. The normalized spacial score (nSPS) is 12.7. The smallest absolute Gasteiger partial charge is 0.387 e. The molecule has 0 unspecified atom stereocenters. The van der Waals surface area contributed by atoms with Gasteiger partial charge in [0.2, 0.25) is 0 Å². The van der Waals surface area contributed by atoms with Gasteiger partial charge in [-0.3, -0.25) is 14.2 Å². The highest BCUT2D eigenvalue weighted by molar-refractivity contribution is 7.99. The van der Waals surface area contributed by atoms with Gasteiger partial charge in [0, 0.05) is 25.0 Å². The molecule has 0 atom stereocenters. The van der Waals surface area contributed by atoms with E-state index in [9.17, 15) is 18.4 Å².